The van der Waals surface area contributed by atoms with Crippen LogP contribution in [0.2, 0.25) is 0 Å². The summed E-state index contributed by atoms with van der Waals surface area (Å²) in [5.41, 5.74) is 1.60. The fourth-order valence-electron chi connectivity index (χ4n) is 1.63. The molecule has 0 aliphatic carbocycles. The van der Waals surface area contributed by atoms with Gasteiger partial charge in [-0.25, -0.2) is 9.78 Å². The molecule has 1 aromatic heterocycles. The number of carboxylic acid groups (broad SMARTS) is 1. The fraction of sp³-hybridized carbons (Fsp3) is 0.214. The first kappa shape index (κ1) is 13.0. The van der Waals surface area contributed by atoms with Crippen LogP contribution >= 0.6 is 0 Å². The molecule has 0 saturated carbocycles. The molecular weight excluding hydrogens is 244 g/mol. The number of aromatic nitrogens is 2. The lowest BCUT2D eigenvalue weighted by Crippen LogP contribution is -2.04. The van der Waals surface area contributed by atoms with Gasteiger partial charge in [0.15, 0.2) is 5.69 Å². The third-order valence-corrected chi connectivity index (χ3v) is 2.57. The van der Waals surface area contributed by atoms with E-state index in [0.29, 0.717) is 11.4 Å². The molecule has 0 spiro atoms. The molecule has 0 aliphatic heterocycles. The van der Waals surface area contributed by atoms with Crippen molar-refractivity contribution in [3.05, 3.63) is 47.3 Å². The van der Waals surface area contributed by atoms with E-state index in [4.69, 9.17) is 9.84 Å². The fourth-order valence-corrected chi connectivity index (χ4v) is 1.63. The third-order valence-electron chi connectivity index (χ3n) is 2.57. The zero-order valence-corrected chi connectivity index (χ0v) is 10.8. The van der Waals surface area contributed by atoms with Gasteiger partial charge >= 0.3 is 12.0 Å². The molecule has 1 heterocycles. The average Bonchev–Trinajstić information content (AvgIpc) is 2.38. The molecule has 2 rings (SSSR count). The number of ether oxygens (including phenoxy) is 1. The summed E-state index contributed by atoms with van der Waals surface area (Å²) in [4.78, 5) is 18.8. The van der Waals surface area contributed by atoms with E-state index in [2.05, 4.69) is 9.97 Å². The van der Waals surface area contributed by atoms with E-state index in [-0.39, 0.29) is 11.7 Å². The Hall–Kier alpha value is -2.43. The van der Waals surface area contributed by atoms with E-state index in [1.807, 2.05) is 25.1 Å². The van der Waals surface area contributed by atoms with Crippen molar-refractivity contribution in [2.24, 2.45) is 0 Å². The zero-order valence-electron chi connectivity index (χ0n) is 10.8. The number of aromatic carboxylic acids is 1. The molecule has 0 aliphatic rings. The number of nitrogens with zero attached hydrogens (tertiary/aromatic N) is 2. The Kier molecular flexibility index (Phi) is 3.75. The Balaban J connectivity index is 2.29. The van der Waals surface area contributed by atoms with Crippen LogP contribution in [0.4, 0.5) is 0 Å². The Bertz CT molecular complexity index is 611. The van der Waals surface area contributed by atoms with Gasteiger partial charge in [-0.1, -0.05) is 19.1 Å². The number of carboxylic acids is 1. The largest absolute Gasteiger partial charge is 0.477 e. The van der Waals surface area contributed by atoms with E-state index >= 15 is 0 Å². The maximum atomic E-state index is 10.9. The third kappa shape index (κ3) is 3.28. The highest BCUT2D eigenvalue weighted by atomic mass is 16.5. The first-order valence-electron chi connectivity index (χ1n) is 5.94. The minimum atomic E-state index is -1.10. The van der Waals surface area contributed by atoms with E-state index < -0.39 is 5.97 Å². The van der Waals surface area contributed by atoms with Gasteiger partial charge in [-0.15, -0.1) is 0 Å². The van der Waals surface area contributed by atoms with Crippen molar-refractivity contribution in [1.82, 2.24) is 9.97 Å². The van der Waals surface area contributed by atoms with Gasteiger partial charge in [0.2, 0.25) is 0 Å². The van der Waals surface area contributed by atoms with Crippen molar-refractivity contribution in [1.29, 1.82) is 0 Å². The van der Waals surface area contributed by atoms with Crippen molar-refractivity contribution in [3.63, 3.8) is 0 Å². The number of aryl methyl sites for hydroxylation is 2. The van der Waals surface area contributed by atoms with Gasteiger partial charge < -0.3 is 9.84 Å². The molecule has 0 radical (unpaired) electrons. The van der Waals surface area contributed by atoms with Crippen molar-refractivity contribution in [3.8, 4) is 11.8 Å². The summed E-state index contributed by atoms with van der Waals surface area (Å²) in [6, 6.07) is 8.98. The predicted molar refractivity (Wildman–Crippen MR) is 69.6 cm³/mol. The average molecular weight is 258 g/mol. The molecule has 0 unspecified atom stereocenters. The molecule has 98 valence electrons. The molecule has 2 aromatic rings. The highest BCUT2D eigenvalue weighted by Crippen LogP contribution is 2.20. The summed E-state index contributed by atoms with van der Waals surface area (Å²) >= 11 is 0. The van der Waals surface area contributed by atoms with E-state index in [1.54, 1.807) is 13.0 Å². The first-order chi connectivity index (χ1) is 9.08. The Morgan fingerprint density at radius 3 is 2.79 bits per heavy atom. The lowest BCUT2D eigenvalue weighted by Gasteiger charge is -2.06. The highest BCUT2D eigenvalue weighted by Gasteiger charge is 2.10. The van der Waals surface area contributed by atoms with Crippen LogP contribution in [-0.2, 0) is 6.42 Å². The van der Waals surface area contributed by atoms with Crippen molar-refractivity contribution in [2.45, 2.75) is 20.3 Å². The standard InChI is InChI=1S/C14H14N2O3/c1-3-10-5-4-6-11(8-10)19-14-15-9(2)7-12(16-14)13(17)18/h4-8H,3H2,1-2H3,(H,17,18). The van der Waals surface area contributed by atoms with Crippen LogP contribution in [0.15, 0.2) is 30.3 Å². The Morgan fingerprint density at radius 2 is 2.11 bits per heavy atom. The summed E-state index contributed by atoms with van der Waals surface area (Å²) in [6.07, 6.45) is 0.895. The van der Waals surface area contributed by atoms with Crippen LogP contribution in [0.5, 0.6) is 11.8 Å². The van der Waals surface area contributed by atoms with Gasteiger partial charge in [0.1, 0.15) is 5.75 Å². The number of hydrogen-bond acceptors (Lipinski definition) is 4. The number of hydrogen-bond donors (Lipinski definition) is 1. The second-order valence-corrected chi connectivity index (χ2v) is 4.09. The second-order valence-electron chi connectivity index (χ2n) is 4.09. The lowest BCUT2D eigenvalue weighted by molar-refractivity contribution is 0.0689. The SMILES string of the molecule is CCc1cccc(Oc2nc(C)cc(C(=O)O)n2)c1. The molecule has 0 fully saturated rings. The highest BCUT2D eigenvalue weighted by molar-refractivity contribution is 5.85. The molecule has 1 aromatic carbocycles. The summed E-state index contributed by atoms with van der Waals surface area (Å²) in [5, 5.41) is 8.94. The summed E-state index contributed by atoms with van der Waals surface area (Å²) in [7, 11) is 0. The van der Waals surface area contributed by atoms with E-state index in [0.717, 1.165) is 12.0 Å². The van der Waals surface area contributed by atoms with Gasteiger partial charge in [-0.2, -0.15) is 4.98 Å². The molecule has 0 atom stereocenters. The Morgan fingerprint density at radius 1 is 1.32 bits per heavy atom. The minimum absolute atomic E-state index is 0.0469. The molecule has 0 saturated heterocycles. The molecular formula is C14H14N2O3. The summed E-state index contributed by atoms with van der Waals surface area (Å²) in [6.45, 7) is 3.74. The van der Waals surface area contributed by atoms with Crippen LogP contribution in [0, 0.1) is 6.92 Å². The quantitative estimate of drug-likeness (QED) is 0.912. The van der Waals surface area contributed by atoms with Gasteiger partial charge in [0, 0.05) is 5.69 Å². The van der Waals surface area contributed by atoms with Crippen molar-refractivity contribution in [2.75, 3.05) is 0 Å². The topological polar surface area (TPSA) is 72.3 Å². The van der Waals surface area contributed by atoms with Gasteiger partial charge in [-0.05, 0) is 37.1 Å². The van der Waals surface area contributed by atoms with Crippen LogP contribution in [0.3, 0.4) is 0 Å². The van der Waals surface area contributed by atoms with Crippen molar-refractivity contribution < 1.29 is 14.6 Å². The van der Waals surface area contributed by atoms with Crippen LogP contribution in [0.25, 0.3) is 0 Å². The molecule has 1 N–H and O–H groups in total. The van der Waals surface area contributed by atoms with Gasteiger partial charge in [0.05, 0.1) is 0 Å². The second kappa shape index (κ2) is 5.48. The smallest absolute Gasteiger partial charge is 0.354 e. The van der Waals surface area contributed by atoms with Gasteiger partial charge in [-0.3, -0.25) is 0 Å². The van der Waals surface area contributed by atoms with Crippen LogP contribution < -0.4 is 4.74 Å². The van der Waals surface area contributed by atoms with Crippen molar-refractivity contribution >= 4 is 5.97 Å². The molecule has 5 heteroatoms. The molecule has 0 amide bonds. The predicted octanol–water partition coefficient (Wildman–Crippen LogP) is 2.84. The number of rotatable bonds is 4. The number of benzene rings is 1. The molecule has 5 nitrogen and oxygen atoms in total. The lowest BCUT2D eigenvalue weighted by atomic mass is 10.2. The molecule has 19 heavy (non-hydrogen) atoms. The van der Waals surface area contributed by atoms with Crippen LogP contribution in [0.1, 0.15) is 28.7 Å². The number of carbonyl (C=O) groups is 1. The van der Waals surface area contributed by atoms with E-state index in [9.17, 15) is 4.79 Å². The molecule has 0 bridgehead atoms. The minimum Gasteiger partial charge on any atom is -0.477 e. The Labute approximate surface area is 110 Å². The van der Waals surface area contributed by atoms with Crippen LogP contribution in [-0.4, -0.2) is 21.0 Å². The monoisotopic (exact) mass is 258 g/mol. The summed E-state index contributed by atoms with van der Waals surface area (Å²) < 4.78 is 5.51. The maximum absolute atomic E-state index is 10.9. The van der Waals surface area contributed by atoms with E-state index in [1.165, 1.54) is 6.07 Å². The zero-order chi connectivity index (χ0) is 13.8. The first-order valence-corrected chi connectivity index (χ1v) is 5.94. The van der Waals surface area contributed by atoms with Gasteiger partial charge in [0.25, 0.3) is 0 Å². The summed E-state index contributed by atoms with van der Waals surface area (Å²) in [5.74, 6) is -0.501. The maximum Gasteiger partial charge on any atom is 0.354 e. The normalized spacial score (nSPS) is 10.2.